The second-order valence-corrected chi connectivity index (χ2v) is 4.92. The third-order valence-corrected chi connectivity index (χ3v) is 2.47. The molecule has 0 aliphatic rings. The maximum Gasteiger partial charge on any atom is 0.119 e. The van der Waals surface area contributed by atoms with Crippen LogP contribution in [0.1, 0.15) is 20.8 Å². The Kier molecular flexibility index (Phi) is 7.30. The summed E-state index contributed by atoms with van der Waals surface area (Å²) in [5.41, 5.74) is 0.964. The Morgan fingerprint density at radius 2 is 1.84 bits per heavy atom. The molecule has 0 aliphatic heterocycles. The molecular formula is C15H25NO3. The summed E-state index contributed by atoms with van der Waals surface area (Å²) in [4.78, 5) is 0. The largest absolute Gasteiger partial charge is 0.494 e. The summed E-state index contributed by atoms with van der Waals surface area (Å²) in [6.45, 7) is 8.32. The van der Waals surface area contributed by atoms with Gasteiger partial charge in [0.05, 0.1) is 19.3 Å². The van der Waals surface area contributed by atoms with Crippen LogP contribution in [0.2, 0.25) is 0 Å². The van der Waals surface area contributed by atoms with Crippen molar-refractivity contribution < 1.29 is 14.6 Å². The van der Waals surface area contributed by atoms with E-state index in [-0.39, 0.29) is 0 Å². The lowest BCUT2D eigenvalue weighted by Crippen LogP contribution is -2.25. The fourth-order valence-corrected chi connectivity index (χ4v) is 1.57. The van der Waals surface area contributed by atoms with Gasteiger partial charge in [0.1, 0.15) is 5.75 Å². The van der Waals surface area contributed by atoms with E-state index in [0.29, 0.717) is 32.3 Å². The van der Waals surface area contributed by atoms with Gasteiger partial charge in [0.15, 0.2) is 0 Å². The summed E-state index contributed by atoms with van der Waals surface area (Å²) in [5, 5.41) is 12.9. The Bertz CT molecular complexity index is 338. The van der Waals surface area contributed by atoms with Crippen molar-refractivity contribution in [3.05, 3.63) is 24.3 Å². The van der Waals surface area contributed by atoms with Gasteiger partial charge in [-0.05, 0) is 37.1 Å². The summed E-state index contributed by atoms with van der Waals surface area (Å²) >= 11 is 0. The maximum absolute atomic E-state index is 9.75. The predicted octanol–water partition coefficient (Wildman–Crippen LogP) is 2.53. The van der Waals surface area contributed by atoms with Crippen LogP contribution in [0, 0.1) is 5.92 Å². The third-order valence-electron chi connectivity index (χ3n) is 2.47. The van der Waals surface area contributed by atoms with Crippen molar-refractivity contribution in [3.8, 4) is 5.75 Å². The van der Waals surface area contributed by atoms with Crippen LogP contribution >= 0.6 is 0 Å². The molecule has 2 N–H and O–H groups in total. The molecule has 1 aromatic carbocycles. The van der Waals surface area contributed by atoms with Crippen LogP contribution in [-0.4, -0.2) is 37.6 Å². The van der Waals surface area contributed by atoms with Crippen molar-refractivity contribution in [3.63, 3.8) is 0 Å². The van der Waals surface area contributed by atoms with Crippen LogP contribution in [0.25, 0.3) is 0 Å². The zero-order valence-corrected chi connectivity index (χ0v) is 12.1. The van der Waals surface area contributed by atoms with E-state index in [2.05, 4.69) is 19.2 Å². The van der Waals surface area contributed by atoms with E-state index in [1.165, 1.54) is 0 Å². The van der Waals surface area contributed by atoms with Crippen molar-refractivity contribution in [2.75, 3.05) is 31.7 Å². The highest BCUT2D eigenvalue weighted by Gasteiger charge is 2.05. The van der Waals surface area contributed by atoms with Crippen LogP contribution in [0.5, 0.6) is 5.75 Å². The smallest absolute Gasteiger partial charge is 0.119 e. The Balaban J connectivity index is 2.23. The lowest BCUT2D eigenvalue weighted by Gasteiger charge is -2.14. The molecule has 4 nitrogen and oxygen atoms in total. The highest BCUT2D eigenvalue weighted by molar-refractivity contribution is 5.46. The second kappa shape index (κ2) is 8.77. The van der Waals surface area contributed by atoms with Gasteiger partial charge in [-0.15, -0.1) is 0 Å². The topological polar surface area (TPSA) is 50.7 Å². The zero-order chi connectivity index (χ0) is 14.1. The number of aliphatic hydroxyl groups excluding tert-OH is 1. The third kappa shape index (κ3) is 7.03. The Morgan fingerprint density at radius 3 is 2.42 bits per heavy atom. The lowest BCUT2D eigenvalue weighted by molar-refractivity contribution is 0.0318. The van der Waals surface area contributed by atoms with Crippen molar-refractivity contribution in [1.29, 1.82) is 0 Å². The molecule has 108 valence electrons. The van der Waals surface area contributed by atoms with Crippen LogP contribution in [0.4, 0.5) is 5.69 Å². The molecule has 19 heavy (non-hydrogen) atoms. The number of ether oxygens (including phenoxy) is 2. The number of benzene rings is 1. The molecule has 0 aliphatic carbocycles. The van der Waals surface area contributed by atoms with Crippen LogP contribution < -0.4 is 10.1 Å². The van der Waals surface area contributed by atoms with Gasteiger partial charge in [0.25, 0.3) is 0 Å². The molecule has 0 saturated carbocycles. The van der Waals surface area contributed by atoms with E-state index in [0.717, 1.165) is 11.4 Å². The van der Waals surface area contributed by atoms with Gasteiger partial charge < -0.3 is 19.9 Å². The van der Waals surface area contributed by atoms with E-state index in [4.69, 9.17) is 9.47 Å². The summed E-state index contributed by atoms with van der Waals surface area (Å²) in [7, 11) is 0. The standard InChI is InChI=1S/C15H25NO3/c1-4-19-15-7-5-13(6-8-15)16-9-14(17)11-18-10-12(2)3/h5-8,12,14,16-17H,4,9-11H2,1-3H3. The molecule has 0 aromatic heterocycles. The molecule has 0 spiro atoms. The van der Waals surface area contributed by atoms with Crippen molar-refractivity contribution in [1.82, 2.24) is 0 Å². The average Bonchev–Trinajstić information content (AvgIpc) is 2.38. The van der Waals surface area contributed by atoms with Gasteiger partial charge in [-0.1, -0.05) is 13.8 Å². The summed E-state index contributed by atoms with van der Waals surface area (Å²) in [6, 6.07) is 7.69. The average molecular weight is 267 g/mol. The van der Waals surface area contributed by atoms with Crippen LogP contribution in [0.3, 0.4) is 0 Å². The molecule has 0 radical (unpaired) electrons. The minimum Gasteiger partial charge on any atom is -0.494 e. The number of anilines is 1. The number of hydrogen-bond donors (Lipinski definition) is 2. The molecule has 1 unspecified atom stereocenters. The van der Waals surface area contributed by atoms with Gasteiger partial charge >= 0.3 is 0 Å². The predicted molar refractivity (Wildman–Crippen MR) is 77.8 cm³/mol. The minimum atomic E-state index is -0.495. The Hall–Kier alpha value is -1.26. The van der Waals surface area contributed by atoms with Gasteiger partial charge in [0, 0.05) is 18.8 Å². The fourth-order valence-electron chi connectivity index (χ4n) is 1.57. The molecule has 0 bridgehead atoms. The molecule has 0 heterocycles. The highest BCUT2D eigenvalue weighted by atomic mass is 16.5. The molecular weight excluding hydrogens is 242 g/mol. The van der Waals surface area contributed by atoms with Gasteiger partial charge in [-0.25, -0.2) is 0 Å². The molecule has 0 fully saturated rings. The van der Waals surface area contributed by atoms with E-state index in [1.54, 1.807) is 0 Å². The quantitative estimate of drug-likeness (QED) is 0.722. The van der Waals surface area contributed by atoms with Crippen molar-refractivity contribution >= 4 is 5.69 Å². The van der Waals surface area contributed by atoms with E-state index < -0.39 is 6.10 Å². The molecule has 1 aromatic rings. The number of nitrogens with one attached hydrogen (secondary N) is 1. The first-order valence-electron chi connectivity index (χ1n) is 6.84. The number of hydrogen-bond acceptors (Lipinski definition) is 4. The molecule has 1 rings (SSSR count). The number of rotatable bonds is 9. The zero-order valence-electron chi connectivity index (χ0n) is 12.1. The summed E-state index contributed by atoms with van der Waals surface area (Å²) in [5.74, 6) is 1.35. The minimum absolute atomic E-state index is 0.363. The molecule has 0 saturated heterocycles. The lowest BCUT2D eigenvalue weighted by atomic mass is 10.2. The van der Waals surface area contributed by atoms with Crippen molar-refractivity contribution in [2.45, 2.75) is 26.9 Å². The normalized spacial score (nSPS) is 12.5. The monoisotopic (exact) mass is 267 g/mol. The van der Waals surface area contributed by atoms with Gasteiger partial charge in [-0.3, -0.25) is 0 Å². The first kappa shape index (κ1) is 15.8. The van der Waals surface area contributed by atoms with Gasteiger partial charge in [-0.2, -0.15) is 0 Å². The fraction of sp³-hybridized carbons (Fsp3) is 0.600. The first-order valence-corrected chi connectivity index (χ1v) is 6.84. The first-order chi connectivity index (χ1) is 9.11. The summed E-state index contributed by atoms with van der Waals surface area (Å²) < 4.78 is 10.8. The van der Waals surface area contributed by atoms with Gasteiger partial charge in [0.2, 0.25) is 0 Å². The molecule has 0 amide bonds. The van der Waals surface area contributed by atoms with Crippen LogP contribution in [-0.2, 0) is 4.74 Å². The molecule has 1 atom stereocenters. The SMILES string of the molecule is CCOc1ccc(NCC(O)COCC(C)C)cc1. The molecule has 4 heteroatoms. The van der Waals surface area contributed by atoms with Crippen LogP contribution in [0.15, 0.2) is 24.3 Å². The van der Waals surface area contributed by atoms with E-state index in [9.17, 15) is 5.11 Å². The Morgan fingerprint density at radius 1 is 1.16 bits per heavy atom. The second-order valence-electron chi connectivity index (χ2n) is 4.92. The number of aliphatic hydroxyl groups is 1. The highest BCUT2D eigenvalue weighted by Crippen LogP contribution is 2.15. The van der Waals surface area contributed by atoms with Crippen molar-refractivity contribution in [2.24, 2.45) is 5.92 Å². The maximum atomic E-state index is 9.75. The van der Waals surface area contributed by atoms with E-state index >= 15 is 0 Å². The summed E-state index contributed by atoms with van der Waals surface area (Å²) in [6.07, 6.45) is -0.495. The Labute approximate surface area is 115 Å². The van der Waals surface area contributed by atoms with E-state index in [1.807, 2.05) is 31.2 Å².